The summed E-state index contributed by atoms with van der Waals surface area (Å²) in [7, 11) is 0. The number of nitrogens with zero attached hydrogens (tertiary/aromatic N) is 1. The highest BCUT2D eigenvalue weighted by molar-refractivity contribution is 6.36. The van der Waals surface area contributed by atoms with E-state index in [0.717, 1.165) is 0 Å². The lowest BCUT2D eigenvalue weighted by Crippen LogP contribution is -2.18. The first-order chi connectivity index (χ1) is 4.76. The second-order valence-electron chi connectivity index (χ2n) is 1.65. The maximum absolute atomic E-state index is 10.8. The average Bonchev–Trinajstić information content (AvgIpc) is 1.91. The van der Waals surface area contributed by atoms with Gasteiger partial charge in [-0.25, -0.2) is 4.79 Å². The van der Waals surface area contributed by atoms with E-state index in [-0.39, 0.29) is 5.71 Å². The summed E-state index contributed by atoms with van der Waals surface area (Å²) >= 11 is 0. The van der Waals surface area contributed by atoms with Crippen LogP contribution in [0.5, 0.6) is 0 Å². The fraction of sp³-hybridized carbons (Fsp3) is 0.667. The summed E-state index contributed by atoms with van der Waals surface area (Å²) in [5, 5.41) is 3.27. The second kappa shape index (κ2) is 4.78. The molecule has 0 saturated heterocycles. The van der Waals surface area contributed by atoms with Crippen molar-refractivity contribution in [2.75, 3.05) is 6.61 Å². The van der Waals surface area contributed by atoms with Crippen molar-refractivity contribution in [1.29, 1.82) is 0 Å². The van der Waals surface area contributed by atoms with E-state index < -0.39 is 5.97 Å². The fourth-order valence-electron chi connectivity index (χ4n) is 0.503. The standard InChI is InChI=1S/C6H12N2O2/c1-3-5(8-7)6(9)10-4-2/h3-4,7H2,1-2H3. The second-order valence-corrected chi connectivity index (χ2v) is 1.65. The number of esters is 1. The van der Waals surface area contributed by atoms with Crippen molar-refractivity contribution in [2.45, 2.75) is 20.3 Å². The third kappa shape index (κ3) is 2.48. The van der Waals surface area contributed by atoms with E-state index >= 15 is 0 Å². The lowest BCUT2D eigenvalue weighted by atomic mass is 10.3. The van der Waals surface area contributed by atoms with Gasteiger partial charge in [-0.3, -0.25) is 0 Å². The van der Waals surface area contributed by atoms with Crippen LogP contribution in [-0.2, 0) is 9.53 Å². The number of hydrogen-bond acceptors (Lipinski definition) is 4. The monoisotopic (exact) mass is 144 g/mol. The largest absolute Gasteiger partial charge is 0.461 e. The molecule has 0 fully saturated rings. The zero-order valence-electron chi connectivity index (χ0n) is 6.26. The molecular weight excluding hydrogens is 132 g/mol. The Morgan fingerprint density at radius 3 is 2.50 bits per heavy atom. The number of ether oxygens (including phenoxy) is 1. The topological polar surface area (TPSA) is 64.7 Å². The molecule has 0 heterocycles. The van der Waals surface area contributed by atoms with Crippen molar-refractivity contribution >= 4 is 11.7 Å². The Morgan fingerprint density at radius 1 is 1.60 bits per heavy atom. The minimum absolute atomic E-state index is 0.279. The molecule has 0 aliphatic rings. The lowest BCUT2D eigenvalue weighted by molar-refractivity contribution is -0.135. The smallest absolute Gasteiger partial charge is 0.354 e. The lowest BCUT2D eigenvalue weighted by Gasteiger charge is -1.99. The zero-order chi connectivity index (χ0) is 7.98. The molecule has 0 aromatic carbocycles. The van der Waals surface area contributed by atoms with E-state index in [1.165, 1.54) is 0 Å². The molecule has 0 aliphatic carbocycles. The number of rotatable bonds is 3. The number of hydrazone groups is 1. The Bertz CT molecular complexity index is 143. The molecule has 10 heavy (non-hydrogen) atoms. The highest BCUT2D eigenvalue weighted by Gasteiger charge is 2.08. The third-order valence-corrected chi connectivity index (χ3v) is 1.00. The van der Waals surface area contributed by atoms with Crippen LogP contribution in [0.3, 0.4) is 0 Å². The molecule has 0 atom stereocenters. The fourth-order valence-corrected chi connectivity index (χ4v) is 0.503. The molecule has 0 aliphatic heterocycles. The van der Waals surface area contributed by atoms with Crippen molar-refractivity contribution < 1.29 is 9.53 Å². The Hall–Kier alpha value is -1.06. The molecule has 4 nitrogen and oxygen atoms in total. The summed E-state index contributed by atoms with van der Waals surface area (Å²) in [6.45, 7) is 3.89. The summed E-state index contributed by atoms with van der Waals surface area (Å²) in [5.41, 5.74) is 0.279. The van der Waals surface area contributed by atoms with Crippen LogP contribution in [0.2, 0.25) is 0 Å². The van der Waals surface area contributed by atoms with Gasteiger partial charge in [-0.2, -0.15) is 5.10 Å². The van der Waals surface area contributed by atoms with E-state index in [9.17, 15) is 4.79 Å². The molecule has 0 spiro atoms. The maximum atomic E-state index is 10.8. The predicted molar refractivity (Wildman–Crippen MR) is 38.5 cm³/mol. The zero-order valence-corrected chi connectivity index (χ0v) is 6.26. The van der Waals surface area contributed by atoms with Crippen LogP contribution in [0.15, 0.2) is 5.10 Å². The number of carbonyl (C=O) groups excluding carboxylic acids is 1. The van der Waals surface area contributed by atoms with Crippen LogP contribution in [0.4, 0.5) is 0 Å². The van der Waals surface area contributed by atoms with E-state index in [2.05, 4.69) is 9.84 Å². The van der Waals surface area contributed by atoms with E-state index in [1.54, 1.807) is 13.8 Å². The molecule has 0 unspecified atom stereocenters. The van der Waals surface area contributed by atoms with E-state index in [0.29, 0.717) is 13.0 Å². The molecular formula is C6H12N2O2. The van der Waals surface area contributed by atoms with Gasteiger partial charge in [0.2, 0.25) is 0 Å². The normalized spacial score (nSPS) is 11.2. The summed E-state index contributed by atoms with van der Waals surface area (Å²) in [6, 6.07) is 0. The van der Waals surface area contributed by atoms with Gasteiger partial charge in [0.1, 0.15) is 5.71 Å². The molecule has 0 bridgehead atoms. The van der Waals surface area contributed by atoms with Crippen LogP contribution in [-0.4, -0.2) is 18.3 Å². The van der Waals surface area contributed by atoms with Crippen molar-refractivity contribution in [1.82, 2.24) is 0 Å². The van der Waals surface area contributed by atoms with E-state index in [4.69, 9.17) is 5.84 Å². The van der Waals surface area contributed by atoms with Gasteiger partial charge in [-0.1, -0.05) is 6.92 Å². The third-order valence-electron chi connectivity index (χ3n) is 1.00. The summed E-state index contributed by atoms with van der Waals surface area (Å²) in [6.07, 6.45) is 0.509. The predicted octanol–water partition coefficient (Wildman–Crippen LogP) is 0.274. The van der Waals surface area contributed by atoms with Crippen molar-refractivity contribution in [3.05, 3.63) is 0 Å². The summed E-state index contributed by atoms with van der Waals surface area (Å²) in [4.78, 5) is 10.8. The first kappa shape index (κ1) is 8.94. The molecule has 0 amide bonds. The van der Waals surface area contributed by atoms with Gasteiger partial charge in [0.25, 0.3) is 0 Å². The molecule has 2 N–H and O–H groups in total. The average molecular weight is 144 g/mol. The summed E-state index contributed by atoms with van der Waals surface area (Å²) in [5.74, 6) is 4.48. The van der Waals surface area contributed by atoms with Gasteiger partial charge in [-0.15, -0.1) is 0 Å². The Labute approximate surface area is 60.0 Å². The quantitative estimate of drug-likeness (QED) is 0.268. The van der Waals surface area contributed by atoms with Crippen LogP contribution >= 0.6 is 0 Å². The van der Waals surface area contributed by atoms with Gasteiger partial charge >= 0.3 is 5.97 Å². The van der Waals surface area contributed by atoms with Crippen LogP contribution in [0.1, 0.15) is 20.3 Å². The first-order valence-electron chi connectivity index (χ1n) is 3.20. The minimum atomic E-state index is -0.424. The molecule has 0 radical (unpaired) electrons. The minimum Gasteiger partial charge on any atom is -0.461 e. The Morgan fingerprint density at radius 2 is 2.20 bits per heavy atom. The molecule has 58 valence electrons. The maximum Gasteiger partial charge on any atom is 0.354 e. The highest BCUT2D eigenvalue weighted by Crippen LogP contribution is 1.87. The molecule has 0 aromatic heterocycles. The Balaban J connectivity index is 3.91. The molecule has 4 heteroatoms. The SMILES string of the molecule is CCOC(=O)C(CC)=NN. The van der Waals surface area contributed by atoms with Crippen LogP contribution in [0, 0.1) is 0 Å². The number of carbonyl (C=O) groups is 1. The van der Waals surface area contributed by atoms with Gasteiger partial charge in [-0.05, 0) is 13.3 Å². The number of nitrogens with two attached hydrogens (primary N) is 1. The highest BCUT2D eigenvalue weighted by atomic mass is 16.5. The molecule has 0 saturated carbocycles. The Kier molecular flexibility index (Phi) is 4.28. The van der Waals surface area contributed by atoms with Crippen molar-refractivity contribution in [3.8, 4) is 0 Å². The van der Waals surface area contributed by atoms with Crippen LogP contribution < -0.4 is 5.84 Å². The van der Waals surface area contributed by atoms with Gasteiger partial charge in [0.15, 0.2) is 0 Å². The number of hydrogen-bond donors (Lipinski definition) is 1. The van der Waals surface area contributed by atoms with E-state index in [1.807, 2.05) is 0 Å². The summed E-state index contributed by atoms with van der Waals surface area (Å²) < 4.78 is 4.64. The van der Waals surface area contributed by atoms with Crippen LogP contribution in [0.25, 0.3) is 0 Å². The first-order valence-corrected chi connectivity index (χ1v) is 3.20. The molecule has 0 aromatic rings. The van der Waals surface area contributed by atoms with Gasteiger partial charge in [0, 0.05) is 0 Å². The van der Waals surface area contributed by atoms with Gasteiger partial charge in [0.05, 0.1) is 6.61 Å². The van der Waals surface area contributed by atoms with Crippen molar-refractivity contribution in [3.63, 3.8) is 0 Å². The van der Waals surface area contributed by atoms with Gasteiger partial charge < -0.3 is 10.6 Å². The molecule has 0 rings (SSSR count). The van der Waals surface area contributed by atoms with Crippen molar-refractivity contribution in [2.24, 2.45) is 10.9 Å².